The predicted molar refractivity (Wildman–Crippen MR) is 93.4 cm³/mol. The highest BCUT2D eigenvalue weighted by Gasteiger charge is 2.34. The molecule has 1 aliphatic rings. The Hall–Kier alpha value is -2.82. The molecule has 5 nitrogen and oxygen atoms in total. The molecule has 1 aromatic heterocycles. The summed E-state index contributed by atoms with van der Waals surface area (Å²) in [5.41, 5.74) is 2.95. The van der Waals surface area contributed by atoms with Crippen molar-refractivity contribution in [1.29, 1.82) is 0 Å². The van der Waals surface area contributed by atoms with Crippen LogP contribution < -0.4 is 9.64 Å². The van der Waals surface area contributed by atoms with E-state index in [4.69, 9.17) is 9.72 Å². The molecular formula is C19H19N3O2. The van der Waals surface area contributed by atoms with E-state index in [1.54, 1.807) is 7.11 Å². The number of amides is 1. The number of carbonyl (C=O) groups excluding carboxylic acids is 1. The standard InChI is InChI=1S/C19H19N3O2/c1-21-17-9-4-3-8-16(17)20-19(21)13-10-18(23)22(12-13)14-6-5-7-15(11-14)24-2/h3-9,11,13H,10,12H2,1-2H3/t13-/m1/s1. The van der Waals surface area contributed by atoms with E-state index < -0.39 is 0 Å². The van der Waals surface area contributed by atoms with Gasteiger partial charge in [0.15, 0.2) is 0 Å². The van der Waals surface area contributed by atoms with Crippen molar-refractivity contribution in [2.24, 2.45) is 7.05 Å². The molecule has 24 heavy (non-hydrogen) atoms. The van der Waals surface area contributed by atoms with Gasteiger partial charge in [0.2, 0.25) is 5.91 Å². The number of anilines is 1. The molecule has 2 heterocycles. The molecule has 0 bridgehead atoms. The first kappa shape index (κ1) is 14.8. The molecule has 0 radical (unpaired) electrons. The number of hydrogen-bond acceptors (Lipinski definition) is 3. The molecule has 1 aliphatic heterocycles. The lowest BCUT2D eigenvalue weighted by molar-refractivity contribution is -0.117. The third-order valence-corrected chi connectivity index (χ3v) is 4.68. The highest BCUT2D eigenvalue weighted by Crippen LogP contribution is 2.33. The van der Waals surface area contributed by atoms with E-state index >= 15 is 0 Å². The molecule has 2 aromatic carbocycles. The van der Waals surface area contributed by atoms with Gasteiger partial charge < -0.3 is 14.2 Å². The molecule has 5 heteroatoms. The van der Waals surface area contributed by atoms with Gasteiger partial charge >= 0.3 is 0 Å². The Morgan fingerprint density at radius 3 is 2.79 bits per heavy atom. The Morgan fingerprint density at radius 2 is 2.00 bits per heavy atom. The van der Waals surface area contributed by atoms with Crippen molar-refractivity contribution < 1.29 is 9.53 Å². The van der Waals surface area contributed by atoms with Gasteiger partial charge in [0, 0.05) is 37.7 Å². The molecule has 1 atom stereocenters. The van der Waals surface area contributed by atoms with E-state index in [-0.39, 0.29) is 11.8 Å². The number of nitrogens with zero attached hydrogens (tertiary/aromatic N) is 3. The van der Waals surface area contributed by atoms with Crippen LogP contribution in [-0.2, 0) is 11.8 Å². The number of aromatic nitrogens is 2. The van der Waals surface area contributed by atoms with Crippen LogP contribution in [0.2, 0.25) is 0 Å². The first-order valence-corrected chi connectivity index (χ1v) is 8.03. The van der Waals surface area contributed by atoms with Gasteiger partial charge in [-0.1, -0.05) is 18.2 Å². The fraction of sp³-hybridized carbons (Fsp3) is 0.263. The fourth-order valence-corrected chi connectivity index (χ4v) is 3.44. The number of methoxy groups -OCH3 is 1. The Kier molecular flexibility index (Phi) is 3.49. The van der Waals surface area contributed by atoms with E-state index in [2.05, 4.69) is 10.6 Å². The zero-order valence-electron chi connectivity index (χ0n) is 13.8. The molecule has 1 fully saturated rings. The van der Waals surface area contributed by atoms with Crippen LogP contribution in [0, 0.1) is 0 Å². The summed E-state index contributed by atoms with van der Waals surface area (Å²) in [6.07, 6.45) is 0.481. The van der Waals surface area contributed by atoms with Gasteiger partial charge in [-0.05, 0) is 24.3 Å². The van der Waals surface area contributed by atoms with E-state index in [1.165, 1.54) is 0 Å². The van der Waals surface area contributed by atoms with Crippen LogP contribution in [0.1, 0.15) is 18.2 Å². The average molecular weight is 321 g/mol. The van der Waals surface area contributed by atoms with Gasteiger partial charge in [-0.3, -0.25) is 4.79 Å². The summed E-state index contributed by atoms with van der Waals surface area (Å²) in [5, 5.41) is 0. The number of fused-ring (bicyclic) bond motifs is 1. The molecule has 1 saturated heterocycles. The number of rotatable bonds is 3. The maximum atomic E-state index is 12.5. The number of aryl methyl sites for hydroxylation is 1. The number of benzene rings is 2. The highest BCUT2D eigenvalue weighted by atomic mass is 16.5. The van der Waals surface area contributed by atoms with Crippen LogP contribution in [0.25, 0.3) is 11.0 Å². The Bertz CT molecular complexity index is 916. The molecule has 0 aliphatic carbocycles. The van der Waals surface area contributed by atoms with Crippen molar-refractivity contribution >= 4 is 22.6 Å². The van der Waals surface area contributed by atoms with Crippen LogP contribution in [0.4, 0.5) is 5.69 Å². The second-order valence-corrected chi connectivity index (χ2v) is 6.12. The first-order valence-electron chi connectivity index (χ1n) is 8.03. The SMILES string of the molecule is COc1cccc(N2C[C@H](c3nc4ccccc4n3C)CC2=O)c1. The third kappa shape index (κ3) is 2.33. The predicted octanol–water partition coefficient (Wildman–Crippen LogP) is 3.10. The van der Waals surface area contributed by atoms with Crippen LogP contribution in [-0.4, -0.2) is 29.1 Å². The summed E-state index contributed by atoms with van der Waals surface area (Å²) in [6, 6.07) is 15.7. The minimum atomic E-state index is 0.0982. The van der Waals surface area contributed by atoms with Crippen molar-refractivity contribution in [2.75, 3.05) is 18.6 Å². The normalized spacial score (nSPS) is 17.7. The molecule has 1 amide bonds. The van der Waals surface area contributed by atoms with Crippen LogP contribution >= 0.6 is 0 Å². The van der Waals surface area contributed by atoms with Crippen LogP contribution in [0.5, 0.6) is 5.75 Å². The fourth-order valence-electron chi connectivity index (χ4n) is 3.44. The third-order valence-electron chi connectivity index (χ3n) is 4.68. The zero-order chi connectivity index (χ0) is 16.7. The van der Waals surface area contributed by atoms with Crippen LogP contribution in [0.3, 0.4) is 0 Å². The molecule has 4 rings (SSSR count). The van der Waals surface area contributed by atoms with Crippen LogP contribution in [0.15, 0.2) is 48.5 Å². The Balaban J connectivity index is 1.66. The zero-order valence-corrected chi connectivity index (χ0v) is 13.8. The van der Waals surface area contributed by atoms with Crippen molar-refractivity contribution in [2.45, 2.75) is 12.3 Å². The second-order valence-electron chi connectivity index (χ2n) is 6.12. The lowest BCUT2D eigenvalue weighted by atomic mass is 10.1. The van der Waals surface area contributed by atoms with Gasteiger partial charge in [0.05, 0.1) is 18.1 Å². The number of hydrogen-bond donors (Lipinski definition) is 0. The van der Waals surface area contributed by atoms with Crippen molar-refractivity contribution in [3.8, 4) is 5.75 Å². The summed E-state index contributed by atoms with van der Waals surface area (Å²) in [7, 11) is 3.65. The topological polar surface area (TPSA) is 47.4 Å². The van der Waals surface area contributed by atoms with Gasteiger partial charge in [-0.15, -0.1) is 0 Å². The van der Waals surface area contributed by atoms with Crippen molar-refractivity contribution in [1.82, 2.24) is 9.55 Å². The lowest BCUT2D eigenvalue weighted by Gasteiger charge is -2.17. The van der Waals surface area contributed by atoms with E-state index in [9.17, 15) is 4.79 Å². The Labute approximate surface area is 140 Å². The Morgan fingerprint density at radius 1 is 1.17 bits per heavy atom. The molecule has 122 valence electrons. The maximum absolute atomic E-state index is 12.5. The smallest absolute Gasteiger partial charge is 0.227 e. The number of carbonyl (C=O) groups is 1. The number of para-hydroxylation sites is 2. The molecule has 0 unspecified atom stereocenters. The van der Waals surface area contributed by atoms with Gasteiger partial charge in [0.1, 0.15) is 11.6 Å². The lowest BCUT2D eigenvalue weighted by Crippen LogP contribution is -2.24. The van der Waals surface area contributed by atoms with E-state index in [1.807, 2.05) is 54.4 Å². The van der Waals surface area contributed by atoms with Gasteiger partial charge in [-0.25, -0.2) is 4.98 Å². The average Bonchev–Trinajstić information content (AvgIpc) is 3.16. The summed E-state index contributed by atoms with van der Waals surface area (Å²) >= 11 is 0. The molecule has 0 spiro atoms. The molecule has 0 saturated carbocycles. The number of ether oxygens (including phenoxy) is 1. The second kappa shape index (κ2) is 5.67. The van der Waals surface area contributed by atoms with Crippen molar-refractivity contribution in [3.05, 3.63) is 54.4 Å². The maximum Gasteiger partial charge on any atom is 0.227 e. The molecular weight excluding hydrogens is 302 g/mol. The quantitative estimate of drug-likeness (QED) is 0.745. The summed E-state index contributed by atoms with van der Waals surface area (Å²) in [4.78, 5) is 19.1. The summed E-state index contributed by atoms with van der Waals surface area (Å²) in [6.45, 7) is 0.642. The monoisotopic (exact) mass is 321 g/mol. The summed E-state index contributed by atoms with van der Waals surface area (Å²) in [5.74, 6) is 1.95. The van der Waals surface area contributed by atoms with Crippen molar-refractivity contribution in [3.63, 3.8) is 0 Å². The van der Waals surface area contributed by atoms with Gasteiger partial charge in [-0.2, -0.15) is 0 Å². The largest absolute Gasteiger partial charge is 0.497 e. The minimum absolute atomic E-state index is 0.0982. The van der Waals surface area contributed by atoms with Gasteiger partial charge in [0.25, 0.3) is 0 Å². The highest BCUT2D eigenvalue weighted by molar-refractivity contribution is 5.96. The summed E-state index contributed by atoms with van der Waals surface area (Å²) < 4.78 is 7.37. The minimum Gasteiger partial charge on any atom is -0.497 e. The first-order chi connectivity index (χ1) is 11.7. The van der Waals surface area contributed by atoms with E-state index in [0.717, 1.165) is 28.3 Å². The molecule has 0 N–H and O–H groups in total. The van der Waals surface area contributed by atoms with E-state index in [0.29, 0.717) is 13.0 Å². The molecule has 3 aromatic rings. The number of imidazole rings is 1.